The summed E-state index contributed by atoms with van der Waals surface area (Å²) < 4.78 is 41.8. The maximum absolute atomic E-state index is 13.2. The minimum Gasteiger partial charge on any atom is -0.319 e. The third-order valence-electron chi connectivity index (χ3n) is 4.81. The summed E-state index contributed by atoms with van der Waals surface area (Å²) in [5.41, 5.74) is 1.46. The number of hydrogen-bond acceptors (Lipinski definition) is 5. The van der Waals surface area contributed by atoms with Gasteiger partial charge in [-0.05, 0) is 55.8 Å². The number of nitrogens with one attached hydrogen (secondary N) is 1. The van der Waals surface area contributed by atoms with Crippen LogP contribution in [0, 0.1) is 19.7 Å². The highest BCUT2D eigenvalue weighted by Crippen LogP contribution is 2.24. The van der Waals surface area contributed by atoms with Crippen LogP contribution in [0.2, 0.25) is 0 Å². The lowest BCUT2D eigenvalue weighted by Gasteiger charge is -2.20. The zero-order valence-electron chi connectivity index (χ0n) is 17.8. The average molecular weight is 446 g/mol. The van der Waals surface area contributed by atoms with E-state index in [1.165, 1.54) is 39.3 Å². The van der Waals surface area contributed by atoms with Crippen molar-refractivity contribution in [1.29, 1.82) is 0 Å². The second-order valence-corrected chi connectivity index (χ2v) is 8.80. The van der Waals surface area contributed by atoms with Gasteiger partial charge in [-0.2, -0.15) is 4.31 Å². The van der Waals surface area contributed by atoms with Gasteiger partial charge < -0.3 is 5.32 Å². The second-order valence-electron chi connectivity index (χ2n) is 6.89. The number of sulfonamides is 1. The number of nitrogens with zero attached hydrogens (tertiary/aromatic N) is 4. The number of benzene rings is 2. The molecule has 0 aliphatic rings. The van der Waals surface area contributed by atoms with Crippen molar-refractivity contribution < 1.29 is 17.6 Å². The smallest absolute Gasteiger partial charge is 0.295 e. The predicted molar refractivity (Wildman–Crippen MR) is 115 cm³/mol. The number of carbonyl (C=O) groups excluding carboxylic acids is 1. The summed E-state index contributed by atoms with van der Waals surface area (Å²) >= 11 is 0. The summed E-state index contributed by atoms with van der Waals surface area (Å²) in [5, 5.41) is 6.85. The van der Waals surface area contributed by atoms with Gasteiger partial charge in [0.2, 0.25) is 15.8 Å². The number of aromatic nitrogens is 3. The largest absolute Gasteiger partial charge is 0.319 e. The quantitative estimate of drug-likeness (QED) is 0.602. The molecule has 0 bridgehead atoms. The molecule has 0 fully saturated rings. The van der Waals surface area contributed by atoms with Gasteiger partial charge in [-0.15, -0.1) is 5.10 Å². The molecule has 3 rings (SSSR count). The molecule has 0 aliphatic heterocycles. The minimum absolute atomic E-state index is 0.0875. The Balaban J connectivity index is 1.88. The van der Waals surface area contributed by atoms with Crippen molar-refractivity contribution in [2.75, 3.05) is 18.4 Å². The summed E-state index contributed by atoms with van der Waals surface area (Å²) in [4.78, 5) is 17.0. The lowest BCUT2D eigenvalue weighted by molar-refractivity contribution is 0.101. The van der Waals surface area contributed by atoms with Gasteiger partial charge in [0.05, 0.1) is 10.6 Å². The van der Waals surface area contributed by atoms with E-state index in [1.54, 1.807) is 39.8 Å². The Morgan fingerprint density at radius 1 is 1.10 bits per heavy atom. The highest BCUT2D eigenvalue weighted by atomic mass is 32.2. The van der Waals surface area contributed by atoms with Crippen molar-refractivity contribution in [2.24, 2.45) is 0 Å². The van der Waals surface area contributed by atoms with E-state index < -0.39 is 15.9 Å². The van der Waals surface area contributed by atoms with Gasteiger partial charge in [0.1, 0.15) is 11.6 Å². The summed E-state index contributed by atoms with van der Waals surface area (Å²) in [5.74, 6) is -0.602. The van der Waals surface area contributed by atoms with Crippen LogP contribution in [0.3, 0.4) is 0 Å². The fourth-order valence-corrected chi connectivity index (χ4v) is 4.87. The van der Waals surface area contributed by atoms with Crippen LogP contribution in [0.15, 0.2) is 47.4 Å². The number of carbonyl (C=O) groups is 1. The summed E-state index contributed by atoms with van der Waals surface area (Å²) in [6.07, 6.45) is 0. The molecule has 3 aromatic rings. The molecule has 0 radical (unpaired) electrons. The molecule has 1 amide bonds. The van der Waals surface area contributed by atoms with E-state index in [0.29, 0.717) is 35.9 Å². The maximum atomic E-state index is 13.2. The first-order valence-electron chi connectivity index (χ1n) is 9.79. The first kappa shape index (κ1) is 22.6. The second kappa shape index (κ2) is 8.94. The number of halogens is 1. The lowest BCUT2D eigenvalue weighted by atomic mass is 10.2. The molecule has 0 unspecified atom stereocenters. The summed E-state index contributed by atoms with van der Waals surface area (Å²) in [6.45, 7) is 7.61. The molecule has 2 aromatic carbocycles. The van der Waals surface area contributed by atoms with Crippen molar-refractivity contribution >= 4 is 21.6 Å². The Morgan fingerprint density at radius 3 is 2.35 bits per heavy atom. The van der Waals surface area contributed by atoms with Crippen molar-refractivity contribution in [3.63, 3.8) is 0 Å². The molecule has 1 heterocycles. The molecule has 0 aliphatic carbocycles. The molecule has 0 atom stereocenters. The summed E-state index contributed by atoms with van der Waals surface area (Å²) in [6, 6.07) is 10.3. The van der Waals surface area contributed by atoms with E-state index in [1.807, 2.05) is 0 Å². The van der Waals surface area contributed by atoms with Crippen LogP contribution >= 0.6 is 0 Å². The lowest BCUT2D eigenvalue weighted by Crippen LogP contribution is -2.31. The van der Waals surface area contributed by atoms with E-state index in [-0.39, 0.29) is 16.5 Å². The van der Waals surface area contributed by atoms with Gasteiger partial charge in [0, 0.05) is 18.8 Å². The number of aryl methyl sites for hydroxylation is 2. The number of anilines is 1. The van der Waals surface area contributed by atoms with E-state index in [0.717, 1.165) is 0 Å². The molecular weight excluding hydrogens is 421 g/mol. The van der Waals surface area contributed by atoms with Gasteiger partial charge in [0.15, 0.2) is 0 Å². The van der Waals surface area contributed by atoms with Crippen LogP contribution in [-0.4, -0.2) is 46.5 Å². The van der Waals surface area contributed by atoms with Crippen molar-refractivity contribution in [2.45, 2.75) is 32.6 Å². The molecule has 164 valence electrons. The van der Waals surface area contributed by atoms with Crippen molar-refractivity contribution in [3.05, 3.63) is 65.5 Å². The Hall–Kier alpha value is -3.11. The number of rotatable bonds is 7. The van der Waals surface area contributed by atoms with Crippen LogP contribution in [0.5, 0.6) is 0 Å². The molecule has 0 saturated carbocycles. The normalized spacial score (nSPS) is 11.7. The molecule has 1 aromatic heterocycles. The van der Waals surface area contributed by atoms with Crippen LogP contribution in [0.1, 0.15) is 35.9 Å². The zero-order valence-corrected chi connectivity index (χ0v) is 18.6. The highest BCUT2D eigenvalue weighted by Gasteiger charge is 2.24. The van der Waals surface area contributed by atoms with Crippen molar-refractivity contribution in [1.82, 2.24) is 19.1 Å². The van der Waals surface area contributed by atoms with Gasteiger partial charge in [-0.3, -0.25) is 4.79 Å². The number of amides is 1. The molecule has 0 spiro atoms. The number of hydrogen-bond donors (Lipinski definition) is 1. The Labute approximate surface area is 180 Å². The highest BCUT2D eigenvalue weighted by molar-refractivity contribution is 7.89. The van der Waals surface area contributed by atoms with Gasteiger partial charge >= 0.3 is 0 Å². The van der Waals surface area contributed by atoms with E-state index in [4.69, 9.17) is 0 Å². The SMILES string of the molecule is CCN(CC)S(=O)(=O)c1cc(NC(=O)c2nc(C)n(-c3ccc(F)cc3)n2)ccc1C. The van der Waals surface area contributed by atoms with E-state index in [2.05, 4.69) is 15.4 Å². The molecule has 8 nitrogen and oxygen atoms in total. The van der Waals surface area contributed by atoms with Crippen LogP contribution in [0.25, 0.3) is 5.69 Å². The van der Waals surface area contributed by atoms with E-state index >= 15 is 0 Å². The predicted octanol–water partition coefficient (Wildman–Crippen LogP) is 3.31. The topological polar surface area (TPSA) is 97.2 Å². The molecule has 31 heavy (non-hydrogen) atoms. The van der Waals surface area contributed by atoms with Gasteiger partial charge in [0.25, 0.3) is 5.91 Å². The summed E-state index contributed by atoms with van der Waals surface area (Å²) in [7, 11) is -3.68. The van der Waals surface area contributed by atoms with Crippen LogP contribution in [0.4, 0.5) is 10.1 Å². The van der Waals surface area contributed by atoms with Crippen LogP contribution < -0.4 is 5.32 Å². The first-order chi connectivity index (χ1) is 14.7. The average Bonchev–Trinajstić information content (AvgIpc) is 3.12. The van der Waals surface area contributed by atoms with Crippen molar-refractivity contribution in [3.8, 4) is 5.69 Å². The molecule has 10 heteroatoms. The fraction of sp³-hybridized carbons (Fsp3) is 0.286. The Bertz CT molecular complexity index is 1200. The standard InChI is InChI=1S/C21H24FN5O3S/c1-5-26(6-2)31(29,30)19-13-17(10-7-14(19)3)24-21(28)20-23-15(4)27(25-20)18-11-8-16(22)9-12-18/h7-13H,5-6H2,1-4H3,(H,24,28). The molecule has 0 saturated heterocycles. The first-order valence-corrected chi connectivity index (χ1v) is 11.2. The minimum atomic E-state index is -3.68. The third kappa shape index (κ3) is 4.64. The monoisotopic (exact) mass is 445 g/mol. The Morgan fingerprint density at radius 2 is 1.74 bits per heavy atom. The zero-order chi connectivity index (χ0) is 22.8. The fourth-order valence-electron chi connectivity index (χ4n) is 3.16. The third-order valence-corrected chi connectivity index (χ3v) is 7.00. The van der Waals surface area contributed by atoms with Gasteiger partial charge in [-0.1, -0.05) is 19.9 Å². The molecule has 1 N–H and O–H groups in total. The van der Waals surface area contributed by atoms with E-state index in [9.17, 15) is 17.6 Å². The molecular formula is C21H24FN5O3S. The Kier molecular flexibility index (Phi) is 6.51. The maximum Gasteiger partial charge on any atom is 0.295 e. The van der Waals surface area contributed by atoms with Crippen LogP contribution in [-0.2, 0) is 10.0 Å². The van der Waals surface area contributed by atoms with Gasteiger partial charge in [-0.25, -0.2) is 22.5 Å².